The van der Waals surface area contributed by atoms with Gasteiger partial charge in [-0.25, -0.2) is 4.79 Å². The van der Waals surface area contributed by atoms with Gasteiger partial charge in [0.1, 0.15) is 4.88 Å². The Morgan fingerprint density at radius 2 is 2.04 bits per heavy atom. The zero-order valence-electron chi connectivity index (χ0n) is 14.5. The van der Waals surface area contributed by atoms with E-state index in [1.807, 2.05) is 18.2 Å². The van der Waals surface area contributed by atoms with Crippen LogP contribution in [-0.4, -0.2) is 35.2 Å². The molecule has 1 aromatic carbocycles. The Balaban J connectivity index is 1.84. The standard InChI is InChI=1S/C18H21ClN2O2S2/c1-10-5-4-6-11(2)21(10)18(24)20-12-7-8-13-14(9-12)25-16(15(13)19)17(22)23-3/h7-11H,4-6H2,1-3H3,(H,20,24). The number of methoxy groups -OCH3 is 1. The first-order valence-electron chi connectivity index (χ1n) is 8.32. The van der Waals surface area contributed by atoms with Crippen molar-refractivity contribution < 1.29 is 9.53 Å². The molecule has 1 aliphatic heterocycles. The number of rotatable bonds is 2. The normalized spacial score (nSPS) is 20.6. The summed E-state index contributed by atoms with van der Waals surface area (Å²) < 4.78 is 5.72. The zero-order chi connectivity index (χ0) is 18.1. The van der Waals surface area contributed by atoms with E-state index in [1.54, 1.807) is 0 Å². The summed E-state index contributed by atoms with van der Waals surface area (Å²) in [7, 11) is 1.36. The Morgan fingerprint density at radius 3 is 2.68 bits per heavy atom. The quantitative estimate of drug-likeness (QED) is 0.551. The molecule has 0 bridgehead atoms. The number of carbonyl (C=O) groups is 1. The van der Waals surface area contributed by atoms with Gasteiger partial charge in [0.05, 0.1) is 12.1 Å². The monoisotopic (exact) mass is 396 g/mol. The van der Waals surface area contributed by atoms with Crippen molar-refractivity contribution in [3.8, 4) is 0 Å². The number of ether oxygens (including phenoxy) is 1. The summed E-state index contributed by atoms with van der Waals surface area (Å²) in [6.07, 6.45) is 3.57. The van der Waals surface area contributed by atoms with Crippen LogP contribution in [0.25, 0.3) is 10.1 Å². The minimum absolute atomic E-state index is 0.410. The number of carbonyl (C=O) groups excluding carboxylic acids is 1. The highest BCUT2D eigenvalue weighted by Gasteiger charge is 2.27. The summed E-state index contributed by atoms with van der Waals surface area (Å²) in [4.78, 5) is 14.5. The van der Waals surface area contributed by atoms with Crippen LogP contribution >= 0.6 is 35.2 Å². The molecule has 1 N–H and O–H groups in total. The number of hydrogen-bond donors (Lipinski definition) is 1. The van der Waals surface area contributed by atoms with E-state index in [0.717, 1.165) is 33.7 Å². The van der Waals surface area contributed by atoms with Crippen molar-refractivity contribution in [2.45, 2.75) is 45.2 Å². The number of fused-ring (bicyclic) bond motifs is 1. The van der Waals surface area contributed by atoms with Crippen LogP contribution in [0.2, 0.25) is 5.02 Å². The SMILES string of the molecule is COC(=O)c1sc2cc(NC(=S)N3C(C)CCCC3C)ccc2c1Cl. The number of thiophene rings is 1. The highest BCUT2D eigenvalue weighted by Crippen LogP contribution is 2.37. The highest BCUT2D eigenvalue weighted by atomic mass is 35.5. The van der Waals surface area contributed by atoms with E-state index >= 15 is 0 Å². The van der Waals surface area contributed by atoms with Gasteiger partial charge in [0.2, 0.25) is 0 Å². The molecule has 2 aromatic rings. The molecule has 0 aliphatic carbocycles. The number of esters is 1. The van der Waals surface area contributed by atoms with Crippen LogP contribution < -0.4 is 5.32 Å². The average Bonchev–Trinajstić information content (AvgIpc) is 2.90. The topological polar surface area (TPSA) is 41.6 Å². The Bertz CT molecular complexity index is 811. The van der Waals surface area contributed by atoms with Gasteiger partial charge in [-0.3, -0.25) is 0 Å². The average molecular weight is 397 g/mol. The second kappa shape index (κ2) is 7.48. The third kappa shape index (κ3) is 3.61. The van der Waals surface area contributed by atoms with Crippen LogP contribution in [0.1, 0.15) is 42.8 Å². The number of nitrogens with one attached hydrogen (secondary N) is 1. The highest BCUT2D eigenvalue weighted by molar-refractivity contribution is 7.80. The van der Waals surface area contributed by atoms with E-state index in [1.165, 1.54) is 24.9 Å². The van der Waals surface area contributed by atoms with E-state index in [9.17, 15) is 4.79 Å². The molecule has 1 aliphatic rings. The lowest BCUT2D eigenvalue weighted by atomic mass is 9.98. The van der Waals surface area contributed by atoms with Gasteiger partial charge in [-0.05, 0) is 63.5 Å². The first-order chi connectivity index (χ1) is 11.9. The van der Waals surface area contributed by atoms with E-state index in [4.69, 9.17) is 28.6 Å². The van der Waals surface area contributed by atoms with Crippen LogP contribution in [0.3, 0.4) is 0 Å². The van der Waals surface area contributed by atoms with Crippen molar-refractivity contribution in [3.63, 3.8) is 0 Å². The maximum Gasteiger partial charge on any atom is 0.349 e. The van der Waals surface area contributed by atoms with Gasteiger partial charge in [-0.2, -0.15) is 0 Å². The molecule has 0 radical (unpaired) electrons. The number of benzene rings is 1. The molecule has 1 fully saturated rings. The van der Waals surface area contributed by atoms with Crippen molar-refractivity contribution in [1.82, 2.24) is 4.90 Å². The Hall–Kier alpha value is -1.37. The van der Waals surface area contributed by atoms with Crippen molar-refractivity contribution in [2.24, 2.45) is 0 Å². The number of piperidine rings is 1. The van der Waals surface area contributed by atoms with E-state index < -0.39 is 5.97 Å². The van der Waals surface area contributed by atoms with Crippen molar-refractivity contribution in [1.29, 1.82) is 0 Å². The summed E-state index contributed by atoms with van der Waals surface area (Å²) in [6.45, 7) is 4.43. The molecular formula is C18H21ClN2O2S2. The first kappa shape index (κ1) is 18.4. The van der Waals surface area contributed by atoms with E-state index in [0.29, 0.717) is 22.0 Å². The lowest BCUT2D eigenvalue weighted by Gasteiger charge is -2.40. The summed E-state index contributed by atoms with van der Waals surface area (Å²) >= 11 is 13.3. The maximum atomic E-state index is 11.8. The molecule has 7 heteroatoms. The predicted octanol–water partition coefficient (Wildman–Crippen LogP) is 5.30. The van der Waals surface area contributed by atoms with Crippen LogP contribution in [0.4, 0.5) is 5.69 Å². The second-order valence-electron chi connectivity index (χ2n) is 6.41. The van der Waals surface area contributed by atoms with Crippen LogP contribution in [0.5, 0.6) is 0 Å². The largest absolute Gasteiger partial charge is 0.465 e. The number of likely N-dealkylation sites (tertiary alicyclic amines) is 1. The number of anilines is 1. The molecule has 1 aromatic heterocycles. The van der Waals surface area contributed by atoms with Gasteiger partial charge in [0.25, 0.3) is 0 Å². The molecule has 3 rings (SSSR count). The number of thiocarbonyl (C=S) groups is 1. The van der Waals surface area contributed by atoms with E-state index in [2.05, 4.69) is 24.1 Å². The smallest absolute Gasteiger partial charge is 0.349 e. The van der Waals surface area contributed by atoms with Gasteiger partial charge in [-0.1, -0.05) is 11.6 Å². The van der Waals surface area contributed by atoms with Gasteiger partial charge < -0.3 is 15.0 Å². The molecule has 134 valence electrons. The summed E-state index contributed by atoms with van der Waals surface area (Å²) in [5.74, 6) is -0.410. The third-order valence-corrected chi connectivity index (χ3v) is 6.63. The Labute approximate surface area is 162 Å². The van der Waals surface area contributed by atoms with Crippen molar-refractivity contribution in [3.05, 3.63) is 28.1 Å². The molecule has 0 amide bonds. The number of hydrogen-bond acceptors (Lipinski definition) is 4. The molecule has 25 heavy (non-hydrogen) atoms. The number of halogens is 1. The van der Waals surface area contributed by atoms with E-state index in [-0.39, 0.29) is 0 Å². The molecule has 1 saturated heterocycles. The van der Waals surface area contributed by atoms with Crippen LogP contribution in [0.15, 0.2) is 18.2 Å². The summed E-state index contributed by atoms with van der Waals surface area (Å²) in [5.41, 5.74) is 0.900. The molecule has 4 nitrogen and oxygen atoms in total. The minimum Gasteiger partial charge on any atom is -0.465 e. The van der Waals surface area contributed by atoms with Crippen molar-refractivity contribution >= 4 is 62.0 Å². The molecular weight excluding hydrogens is 376 g/mol. The minimum atomic E-state index is -0.410. The van der Waals surface area contributed by atoms with Crippen LogP contribution in [-0.2, 0) is 4.74 Å². The first-order valence-corrected chi connectivity index (χ1v) is 9.92. The summed E-state index contributed by atoms with van der Waals surface area (Å²) in [6, 6.07) is 6.70. The molecule has 0 spiro atoms. The molecule has 2 atom stereocenters. The number of nitrogens with zero attached hydrogens (tertiary/aromatic N) is 1. The lowest BCUT2D eigenvalue weighted by molar-refractivity contribution is 0.0606. The van der Waals surface area contributed by atoms with Crippen molar-refractivity contribution in [2.75, 3.05) is 12.4 Å². The zero-order valence-corrected chi connectivity index (χ0v) is 16.9. The predicted molar refractivity (Wildman–Crippen MR) is 109 cm³/mol. The maximum absolute atomic E-state index is 11.8. The fourth-order valence-electron chi connectivity index (χ4n) is 3.38. The fourth-order valence-corrected chi connectivity index (χ4v) is 5.32. The molecule has 0 saturated carbocycles. The molecule has 2 heterocycles. The molecule has 2 unspecified atom stereocenters. The fraction of sp³-hybridized carbons (Fsp3) is 0.444. The van der Waals surface area contributed by atoms with Crippen LogP contribution in [0, 0.1) is 0 Å². The second-order valence-corrected chi connectivity index (χ2v) is 8.23. The summed E-state index contributed by atoms with van der Waals surface area (Å²) in [5, 5.41) is 5.38. The Morgan fingerprint density at radius 1 is 1.36 bits per heavy atom. The lowest BCUT2D eigenvalue weighted by Crippen LogP contribution is -2.49. The van der Waals surface area contributed by atoms with Gasteiger partial charge in [-0.15, -0.1) is 11.3 Å². The van der Waals surface area contributed by atoms with Gasteiger partial charge >= 0.3 is 5.97 Å². The Kier molecular flexibility index (Phi) is 5.51. The third-order valence-electron chi connectivity index (χ3n) is 4.68. The van der Waals surface area contributed by atoms with Gasteiger partial charge in [0, 0.05) is 27.9 Å². The van der Waals surface area contributed by atoms with Gasteiger partial charge in [0.15, 0.2) is 5.11 Å².